The summed E-state index contributed by atoms with van der Waals surface area (Å²) in [6, 6.07) is 0. The average Bonchev–Trinajstić information content (AvgIpc) is 2.08. The Hall–Kier alpha value is -0.780. The first kappa shape index (κ1) is 16.1. The molecule has 0 saturated heterocycles. The summed E-state index contributed by atoms with van der Waals surface area (Å²) in [6.07, 6.45) is 5.72. The summed E-state index contributed by atoms with van der Waals surface area (Å²) < 4.78 is 0. The van der Waals surface area contributed by atoms with E-state index < -0.39 is 0 Å². The van der Waals surface area contributed by atoms with E-state index in [1.54, 1.807) is 0 Å². The lowest BCUT2D eigenvalue weighted by Crippen LogP contribution is -1.61. The molecule has 0 aliphatic rings. The Labute approximate surface area is 66.0 Å². The molecule has 0 saturated carbocycles. The number of rotatable bonds is 3. The molecule has 0 aromatic carbocycles. The smallest absolute Gasteiger partial charge is 0.0354 e. The number of hydrogen-bond acceptors (Lipinski definition) is 0. The van der Waals surface area contributed by atoms with Crippen LogP contribution in [0.25, 0.3) is 0 Å². The summed E-state index contributed by atoms with van der Waals surface area (Å²) in [5.74, 6) is 0. The second-order valence-electron chi connectivity index (χ2n) is 1.43. The van der Waals surface area contributed by atoms with Crippen LogP contribution >= 0.6 is 0 Å². The summed E-state index contributed by atoms with van der Waals surface area (Å²) in [5.41, 5.74) is 0. The van der Waals surface area contributed by atoms with E-state index in [9.17, 15) is 0 Å². The minimum Gasteiger partial charge on any atom is -0.106 e. The molecule has 60 valence electrons. The second-order valence-corrected chi connectivity index (χ2v) is 1.43. The molecule has 0 aromatic rings. The maximum absolute atomic E-state index is 3.60. The van der Waals surface area contributed by atoms with Crippen molar-refractivity contribution in [3.63, 3.8) is 0 Å². The average molecular weight is 140 g/mol. The van der Waals surface area contributed by atoms with Gasteiger partial charge in [-0.05, 0) is 6.42 Å². The van der Waals surface area contributed by atoms with Crippen LogP contribution in [0.1, 0.15) is 26.2 Å². The molecule has 0 radical (unpaired) electrons. The van der Waals surface area contributed by atoms with Gasteiger partial charge in [0.1, 0.15) is 0 Å². The first-order valence-electron chi connectivity index (χ1n) is 3.52. The lowest BCUT2D eigenvalue weighted by atomic mass is 10.3. The lowest BCUT2D eigenvalue weighted by molar-refractivity contribution is 0.816. The van der Waals surface area contributed by atoms with Crippen LogP contribution in [-0.2, 0) is 0 Å². The van der Waals surface area contributed by atoms with Gasteiger partial charge in [-0.15, -0.1) is 32.9 Å². The minimum absolute atomic E-state index is 1.18. The number of unbranched alkanes of at least 4 members (excludes halogenated alkanes) is 2. The molecular formula is C10H20. The van der Waals surface area contributed by atoms with Crippen LogP contribution in [0.15, 0.2) is 39.0 Å². The summed E-state index contributed by atoms with van der Waals surface area (Å²) >= 11 is 0. The van der Waals surface area contributed by atoms with Gasteiger partial charge in [-0.3, -0.25) is 0 Å². The van der Waals surface area contributed by atoms with Gasteiger partial charge in [-0.1, -0.05) is 25.8 Å². The van der Waals surface area contributed by atoms with E-state index in [0.29, 0.717) is 0 Å². The Bertz CT molecular complexity index is 44.0. The van der Waals surface area contributed by atoms with Gasteiger partial charge >= 0.3 is 0 Å². The van der Waals surface area contributed by atoms with Crippen LogP contribution in [0.5, 0.6) is 0 Å². The largest absolute Gasteiger partial charge is 0.106 e. The van der Waals surface area contributed by atoms with Crippen LogP contribution in [0.4, 0.5) is 0 Å². The van der Waals surface area contributed by atoms with Crippen molar-refractivity contribution in [2.45, 2.75) is 26.2 Å². The van der Waals surface area contributed by atoms with Gasteiger partial charge in [-0.25, -0.2) is 0 Å². The molecule has 0 rings (SSSR count). The molecule has 0 heterocycles. The molecule has 0 atom stereocenters. The van der Waals surface area contributed by atoms with Crippen LogP contribution < -0.4 is 0 Å². The fraction of sp³-hybridized carbons (Fsp3) is 0.400. The first-order chi connectivity index (χ1) is 4.91. The molecular weight excluding hydrogens is 120 g/mol. The SMILES string of the molecule is C=C.C=C.C=CCCCC. The van der Waals surface area contributed by atoms with Gasteiger partial charge in [0.15, 0.2) is 0 Å². The van der Waals surface area contributed by atoms with Gasteiger partial charge in [0.25, 0.3) is 0 Å². The predicted molar refractivity (Wildman–Crippen MR) is 52.2 cm³/mol. The van der Waals surface area contributed by atoms with E-state index in [4.69, 9.17) is 0 Å². The van der Waals surface area contributed by atoms with Crippen LogP contribution in [0.3, 0.4) is 0 Å². The van der Waals surface area contributed by atoms with Crippen LogP contribution in [-0.4, -0.2) is 0 Å². The second kappa shape index (κ2) is 41.3. The van der Waals surface area contributed by atoms with Crippen molar-refractivity contribution >= 4 is 0 Å². The third kappa shape index (κ3) is 56.7. The molecule has 0 spiro atoms. The summed E-state index contributed by atoms with van der Waals surface area (Å²) in [6.45, 7) is 17.8. The molecule has 0 heteroatoms. The third-order valence-electron chi connectivity index (χ3n) is 0.762. The Morgan fingerprint density at radius 3 is 1.60 bits per heavy atom. The highest BCUT2D eigenvalue weighted by atomic mass is 13.8. The van der Waals surface area contributed by atoms with Crippen LogP contribution in [0.2, 0.25) is 0 Å². The highest BCUT2D eigenvalue weighted by Crippen LogP contribution is 1.91. The molecule has 0 nitrogen and oxygen atoms in total. The third-order valence-corrected chi connectivity index (χ3v) is 0.762. The molecule has 0 bridgehead atoms. The van der Waals surface area contributed by atoms with Gasteiger partial charge in [0, 0.05) is 0 Å². The fourth-order valence-electron chi connectivity index (χ4n) is 0.348. The van der Waals surface area contributed by atoms with E-state index in [0.717, 1.165) is 0 Å². The maximum Gasteiger partial charge on any atom is -0.0354 e. The quantitative estimate of drug-likeness (QED) is 0.411. The molecule has 0 unspecified atom stereocenters. The van der Waals surface area contributed by atoms with Crippen molar-refractivity contribution in [1.29, 1.82) is 0 Å². The predicted octanol–water partition coefficient (Wildman–Crippen LogP) is 3.97. The standard InChI is InChI=1S/C6H12.2C2H4/c1-3-5-6-4-2;2*1-2/h3H,1,4-6H2,2H3;2*1-2H2. The molecule has 0 aliphatic heterocycles. The number of allylic oxidation sites excluding steroid dienone is 1. The molecule has 0 N–H and O–H groups in total. The fourth-order valence-corrected chi connectivity index (χ4v) is 0.348. The highest BCUT2D eigenvalue weighted by molar-refractivity contribution is 4.64. The highest BCUT2D eigenvalue weighted by Gasteiger charge is 1.71. The Kier molecular flexibility index (Phi) is 66.5. The van der Waals surface area contributed by atoms with E-state index in [1.165, 1.54) is 19.3 Å². The first-order valence-corrected chi connectivity index (χ1v) is 3.52. The topological polar surface area (TPSA) is 0 Å². The van der Waals surface area contributed by atoms with Gasteiger partial charge in [0.2, 0.25) is 0 Å². The van der Waals surface area contributed by atoms with Gasteiger partial charge < -0.3 is 0 Å². The van der Waals surface area contributed by atoms with E-state index in [1.807, 2.05) is 6.08 Å². The Morgan fingerprint density at radius 2 is 1.50 bits per heavy atom. The van der Waals surface area contributed by atoms with Crippen LogP contribution in [0, 0.1) is 0 Å². The summed E-state index contributed by atoms with van der Waals surface area (Å²) in [5, 5.41) is 0. The van der Waals surface area contributed by atoms with E-state index in [-0.39, 0.29) is 0 Å². The van der Waals surface area contributed by atoms with E-state index in [2.05, 4.69) is 39.8 Å². The number of hydrogen-bond donors (Lipinski definition) is 0. The normalized spacial score (nSPS) is 5.70. The maximum atomic E-state index is 3.60. The Morgan fingerprint density at radius 1 is 1.10 bits per heavy atom. The van der Waals surface area contributed by atoms with Crippen molar-refractivity contribution in [1.82, 2.24) is 0 Å². The molecule has 10 heavy (non-hydrogen) atoms. The van der Waals surface area contributed by atoms with E-state index >= 15 is 0 Å². The zero-order chi connectivity index (χ0) is 8.83. The van der Waals surface area contributed by atoms with Crippen molar-refractivity contribution in [3.8, 4) is 0 Å². The molecule has 0 aliphatic carbocycles. The van der Waals surface area contributed by atoms with Crippen molar-refractivity contribution < 1.29 is 0 Å². The monoisotopic (exact) mass is 140 g/mol. The summed E-state index contributed by atoms with van der Waals surface area (Å²) in [7, 11) is 0. The van der Waals surface area contributed by atoms with Gasteiger partial charge in [-0.2, -0.15) is 0 Å². The van der Waals surface area contributed by atoms with Crippen molar-refractivity contribution in [3.05, 3.63) is 39.0 Å². The van der Waals surface area contributed by atoms with Crippen molar-refractivity contribution in [2.24, 2.45) is 0 Å². The van der Waals surface area contributed by atoms with Gasteiger partial charge in [0.05, 0.1) is 0 Å². The molecule has 0 fully saturated rings. The molecule has 0 amide bonds. The molecule has 0 aromatic heterocycles. The van der Waals surface area contributed by atoms with Crippen molar-refractivity contribution in [2.75, 3.05) is 0 Å². The lowest BCUT2D eigenvalue weighted by Gasteiger charge is -1.81. The summed E-state index contributed by atoms with van der Waals surface area (Å²) in [4.78, 5) is 0. The zero-order valence-corrected chi connectivity index (χ0v) is 7.23. The minimum atomic E-state index is 1.18. The Balaban J connectivity index is -0.000000105. The zero-order valence-electron chi connectivity index (χ0n) is 7.23.